The molecule has 0 spiro atoms. The number of nitrogens with one attached hydrogen (secondary N) is 1. The average Bonchev–Trinajstić information content (AvgIpc) is 2.84. The van der Waals surface area contributed by atoms with E-state index in [9.17, 15) is 9.90 Å². The molecule has 1 aromatic carbocycles. The highest BCUT2D eigenvalue weighted by Gasteiger charge is 2.25. The Bertz CT molecular complexity index is 701. The summed E-state index contributed by atoms with van der Waals surface area (Å²) in [6.45, 7) is 1.05. The fourth-order valence-corrected chi connectivity index (χ4v) is 3.14. The number of aliphatic hydroxyl groups excluding tert-OH is 1. The van der Waals surface area contributed by atoms with Gasteiger partial charge in [-0.25, -0.2) is 4.98 Å². The quantitative estimate of drug-likeness (QED) is 0.896. The van der Waals surface area contributed by atoms with Crippen LogP contribution in [0, 0.1) is 0 Å². The highest BCUT2D eigenvalue weighted by Crippen LogP contribution is 2.27. The number of hydrogen-bond acceptors (Lipinski definition) is 4. The van der Waals surface area contributed by atoms with E-state index in [0.29, 0.717) is 22.0 Å². The summed E-state index contributed by atoms with van der Waals surface area (Å²) in [5.41, 5.74) is 1.48. The van der Waals surface area contributed by atoms with E-state index in [-0.39, 0.29) is 18.4 Å². The summed E-state index contributed by atoms with van der Waals surface area (Å²) in [5.74, 6) is 0.0452. The molecule has 1 fully saturated rings. The summed E-state index contributed by atoms with van der Waals surface area (Å²) in [7, 11) is 0. The largest absolute Gasteiger partial charge is 0.391 e. The Balaban J connectivity index is 1.72. The number of halogens is 2. The third kappa shape index (κ3) is 3.27. The van der Waals surface area contributed by atoms with E-state index in [1.165, 1.54) is 0 Å². The van der Waals surface area contributed by atoms with Crippen LogP contribution < -0.4 is 5.32 Å². The van der Waals surface area contributed by atoms with Crippen LogP contribution in [0.25, 0.3) is 11.0 Å². The molecule has 1 aliphatic rings. The smallest absolute Gasteiger partial charge is 0.154 e. The molecule has 0 unspecified atom stereocenters. The number of aliphatic hydroxyl groups is 1. The number of hydrogen-bond donors (Lipinski definition) is 2. The van der Waals surface area contributed by atoms with Crippen molar-refractivity contribution in [2.45, 2.75) is 38.0 Å². The van der Waals surface area contributed by atoms with Crippen LogP contribution in [-0.4, -0.2) is 39.1 Å². The Morgan fingerprint density at radius 1 is 1.41 bits per heavy atom. The summed E-state index contributed by atoms with van der Waals surface area (Å²) < 4.78 is 1.76. The van der Waals surface area contributed by atoms with E-state index < -0.39 is 6.10 Å². The number of nitrogens with zero attached hydrogens (tertiary/aromatic N) is 2. The van der Waals surface area contributed by atoms with Crippen LogP contribution in [-0.2, 0) is 11.3 Å². The van der Waals surface area contributed by atoms with Crippen molar-refractivity contribution in [2.24, 2.45) is 0 Å². The molecule has 0 bridgehead atoms. The molecule has 118 valence electrons. The first kappa shape index (κ1) is 15.7. The van der Waals surface area contributed by atoms with E-state index in [0.717, 1.165) is 24.9 Å². The molecule has 2 N–H and O–H groups in total. The fourth-order valence-electron chi connectivity index (χ4n) is 2.82. The van der Waals surface area contributed by atoms with Crippen molar-refractivity contribution in [3.63, 3.8) is 0 Å². The van der Waals surface area contributed by atoms with Gasteiger partial charge >= 0.3 is 0 Å². The van der Waals surface area contributed by atoms with E-state index in [2.05, 4.69) is 10.3 Å². The fraction of sp³-hybridized carbons (Fsp3) is 0.467. The Kier molecular flexibility index (Phi) is 4.68. The molecule has 1 saturated heterocycles. The monoisotopic (exact) mass is 341 g/mol. The maximum atomic E-state index is 12.3. The molecule has 0 saturated carbocycles. The van der Waals surface area contributed by atoms with Gasteiger partial charge < -0.3 is 15.0 Å². The summed E-state index contributed by atoms with van der Waals surface area (Å²) in [5, 5.41) is 14.0. The number of fused-ring (bicyclic) bond motifs is 1. The number of rotatable bonds is 4. The van der Waals surface area contributed by atoms with E-state index >= 15 is 0 Å². The molecule has 1 aromatic heterocycles. The summed E-state index contributed by atoms with van der Waals surface area (Å²) in [6, 6.07) is 3.24. The number of ketones is 1. The number of aromatic nitrogens is 2. The van der Waals surface area contributed by atoms with Crippen molar-refractivity contribution in [1.82, 2.24) is 14.9 Å². The molecule has 3 rings (SSSR count). The molecule has 1 aliphatic heterocycles. The first-order valence-corrected chi connectivity index (χ1v) is 8.03. The van der Waals surface area contributed by atoms with Crippen molar-refractivity contribution in [3.05, 3.63) is 28.5 Å². The predicted octanol–water partition coefficient (Wildman–Crippen LogP) is 2.42. The second-order valence-electron chi connectivity index (χ2n) is 5.64. The van der Waals surface area contributed by atoms with Gasteiger partial charge in [0.25, 0.3) is 0 Å². The average molecular weight is 342 g/mol. The van der Waals surface area contributed by atoms with Crippen molar-refractivity contribution in [3.8, 4) is 0 Å². The normalized spacial score (nSPS) is 22.1. The van der Waals surface area contributed by atoms with Gasteiger partial charge in [0.1, 0.15) is 0 Å². The van der Waals surface area contributed by atoms with Crippen LogP contribution >= 0.6 is 23.2 Å². The molecule has 0 amide bonds. The maximum absolute atomic E-state index is 12.3. The minimum absolute atomic E-state index is 0.0452. The van der Waals surface area contributed by atoms with Crippen LogP contribution in [0.15, 0.2) is 18.5 Å². The second kappa shape index (κ2) is 6.54. The molecule has 2 atom stereocenters. The van der Waals surface area contributed by atoms with Gasteiger partial charge in [0, 0.05) is 12.5 Å². The lowest BCUT2D eigenvalue weighted by molar-refractivity contribution is -0.121. The third-order valence-electron chi connectivity index (χ3n) is 4.01. The lowest BCUT2D eigenvalue weighted by atomic mass is 9.97. The Labute approximate surface area is 138 Å². The summed E-state index contributed by atoms with van der Waals surface area (Å²) in [4.78, 5) is 16.5. The molecule has 2 aromatic rings. The third-order valence-corrected chi connectivity index (χ3v) is 4.73. The lowest BCUT2D eigenvalue weighted by Gasteiger charge is -2.28. The SMILES string of the molecule is O=C(C[C@H]1NCCC[C@@H]1O)Cn1cnc2cc(Cl)c(Cl)cc21. The number of benzene rings is 1. The van der Waals surface area contributed by atoms with Crippen molar-refractivity contribution < 1.29 is 9.90 Å². The first-order chi connectivity index (χ1) is 10.5. The molecule has 22 heavy (non-hydrogen) atoms. The summed E-state index contributed by atoms with van der Waals surface area (Å²) in [6.07, 6.45) is 3.15. The van der Waals surface area contributed by atoms with Crippen LogP contribution in [0.4, 0.5) is 0 Å². The second-order valence-corrected chi connectivity index (χ2v) is 6.45. The van der Waals surface area contributed by atoms with Crippen LogP contribution in [0.3, 0.4) is 0 Å². The highest BCUT2D eigenvalue weighted by molar-refractivity contribution is 6.42. The van der Waals surface area contributed by atoms with Gasteiger partial charge in [0.2, 0.25) is 0 Å². The van der Waals surface area contributed by atoms with Gasteiger partial charge in [-0.05, 0) is 31.5 Å². The predicted molar refractivity (Wildman–Crippen MR) is 86.4 cm³/mol. The number of imidazole rings is 1. The molecule has 0 radical (unpaired) electrons. The number of carbonyl (C=O) groups excluding carboxylic acids is 1. The van der Waals surface area contributed by atoms with E-state index in [1.807, 2.05) is 0 Å². The standard InChI is InChI=1S/C15H17Cl2N3O2/c16-10-5-12-14(6-11(10)17)20(8-19-12)7-9(21)4-13-15(22)2-1-3-18-13/h5-6,8,13,15,18,22H,1-4,7H2/t13-,15+/m1/s1. The number of carbonyl (C=O) groups is 1. The first-order valence-electron chi connectivity index (χ1n) is 7.27. The number of piperidine rings is 1. The molecule has 0 aliphatic carbocycles. The minimum Gasteiger partial charge on any atom is -0.391 e. The zero-order chi connectivity index (χ0) is 15.7. The van der Waals surface area contributed by atoms with Gasteiger partial charge in [-0.3, -0.25) is 4.79 Å². The minimum atomic E-state index is -0.453. The van der Waals surface area contributed by atoms with Crippen molar-refractivity contribution >= 4 is 40.0 Å². The van der Waals surface area contributed by atoms with Crippen LogP contribution in [0.5, 0.6) is 0 Å². The van der Waals surface area contributed by atoms with Crippen molar-refractivity contribution in [1.29, 1.82) is 0 Å². The molecule has 5 nitrogen and oxygen atoms in total. The van der Waals surface area contributed by atoms with Crippen LogP contribution in [0.2, 0.25) is 10.0 Å². The van der Waals surface area contributed by atoms with Gasteiger partial charge in [-0.1, -0.05) is 23.2 Å². The topological polar surface area (TPSA) is 67.2 Å². The Hall–Kier alpha value is -1.14. The van der Waals surface area contributed by atoms with E-state index in [1.54, 1.807) is 23.0 Å². The van der Waals surface area contributed by atoms with Gasteiger partial charge in [0.15, 0.2) is 5.78 Å². The number of Topliss-reactive ketones (excluding diaryl/α,β-unsaturated/α-hetero) is 1. The van der Waals surface area contributed by atoms with Gasteiger partial charge in [0.05, 0.1) is 40.1 Å². The van der Waals surface area contributed by atoms with Crippen LogP contribution in [0.1, 0.15) is 19.3 Å². The molecular formula is C15H17Cl2N3O2. The zero-order valence-electron chi connectivity index (χ0n) is 11.9. The highest BCUT2D eigenvalue weighted by atomic mass is 35.5. The lowest BCUT2D eigenvalue weighted by Crippen LogP contribution is -2.46. The zero-order valence-corrected chi connectivity index (χ0v) is 13.4. The Morgan fingerprint density at radius 3 is 2.95 bits per heavy atom. The molecule has 7 heteroatoms. The Morgan fingerprint density at radius 2 is 2.18 bits per heavy atom. The molecule has 2 heterocycles. The van der Waals surface area contributed by atoms with Gasteiger partial charge in [-0.2, -0.15) is 0 Å². The van der Waals surface area contributed by atoms with E-state index in [4.69, 9.17) is 23.2 Å². The van der Waals surface area contributed by atoms with Gasteiger partial charge in [-0.15, -0.1) is 0 Å². The summed E-state index contributed by atoms with van der Waals surface area (Å²) >= 11 is 12.0. The molecular weight excluding hydrogens is 325 g/mol. The van der Waals surface area contributed by atoms with Crippen molar-refractivity contribution in [2.75, 3.05) is 6.54 Å². The maximum Gasteiger partial charge on any atom is 0.154 e.